The summed E-state index contributed by atoms with van der Waals surface area (Å²) in [7, 11) is 1.89. The van der Waals surface area contributed by atoms with Crippen LogP contribution in [0.15, 0.2) is 0 Å². The van der Waals surface area contributed by atoms with Crippen molar-refractivity contribution in [2.75, 3.05) is 7.11 Å². The summed E-state index contributed by atoms with van der Waals surface area (Å²) in [5.74, 6) is 2.68. The van der Waals surface area contributed by atoms with Crippen molar-refractivity contribution in [1.82, 2.24) is 0 Å². The van der Waals surface area contributed by atoms with E-state index in [0.717, 1.165) is 17.8 Å². The molecule has 0 aromatic heterocycles. The molecule has 0 amide bonds. The Morgan fingerprint density at radius 2 is 1.78 bits per heavy atom. The fraction of sp³-hybridized carbons (Fsp3) is 1.00. The smallest absolute Gasteiger partial charge is 0.0599 e. The second-order valence-corrected chi connectivity index (χ2v) is 6.59. The van der Waals surface area contributed by atoms with Gasteiger partial charge in [-0.15, -0.1) is 0 Å². The number of hydrogen-bond acceptors (Lipinski definition) is 1. The molecule has 0 aromatic carbocycles. The van der Waals surface area contributed by atoms with Crippen molar-refractivity contribution in [3.8, 4) is 0 Å². The third-order valence-electron chi connectivity index (χ3n) is 5.01. The first kappa shape index (κ1) is 16.0. The molecule has 4 unspecified atom stereocenters. The predicted octanol–water partition coefficient (Wildman–Crippen LogP) is 5.43. The molecule has 108 valence electrons. The molecule has 0 heterocycles. The second kappa shape index (κ2) is 8.96. The van der Waals surface area contributed by atoms with Crippen molar-refractivity contribution in [3.05, 3.63) is 0 Å². The van der Waals surface area contributed by atoms with E-state index in [1.54, 1.807) is 0 Å². The highest BCUT2D eigenvalue weighted by molar-refractivity contribution is 4.78. The summed E-state index contributed by atoms with van der Waals surface area (Å²) in [5.41, 5.74) is 0. The van der Waals surface area contributed by atoms with Crippen LogP contribution >= 0.6 is 0 Å². The minimum atomic E-state index is 0.567. The van der Waals surface area contributed by atoms with Crippen molar-refractivity contribution < 1.29 is 4.74 Å². The Morgan fingerprint density at radius 3 is 2.44 bits per heavy atom. The monoisotopic (exact) mass is 254 g/mol. The minimum Gasteiger partial charge on any atom is -0.381 e. The molecule has 0 aromatic rings. The second-order valence-electron chi connectivity index (χ2n) is 6.59. The highest BCUT2D eigenvalue weighted by atomic mass is 16.5. The summed E-state index contributed by atoms with van der Waals surface area (Å²) in [6, 6.07) is 0. The van der Waals surface area contributed by atoms with Crippen molar-refractivity contribution in [2.45, 2.75) is 84.7 Å². The molecule has 0 aliphatic heterocycles. The van der Waals surface area contributed by atoms with Gasteiger partial charge < -0.3 is 4.74 Å². The van der Waals surface area contributed by atoms with Gasteiger partial charge in [0, 0.05) is 7.11 Å². The zero-order valence-corrected chi connectivity index (χ0v) is 13.1. The first-order valence-corrected chi connectivity index (χ1v) is 8.20. The third-order valence-corrected chi connectivity index (χ3v) is 5.01. The number of rotatable bonds is 9. The fourth-order valence-electron chi connectivity index (χ4n) is 3.31. The molecule has 1 aliphatic rings. The molecule has 0 saturated heterocycles. The highest BCUT2D eigenvalue weighted by Crippen LogP contribution is 2.33. The Morgan fingerprint density at radius 1 is 1.06 bits per heavy atom. The molecule has 0 N–H and O–H groups in total. The van der Waals surface area contributed by atoms with Crippen LogP contribution in [0.4, 0.5) is 0 Å². The quantitative estimate of drug-likeness (QED) is 0.533. The SMILES string of the molecule is CCC(C)CCCC(C)CCC1CCCC1OC. The van der Waals surface area contributed by atoms with Gasteiger partial charge in [-0.3, -0.25) is 0 Å². The van der Waals surface area contributed by atoms with Gasteiger partial charge >= 0.3 is 0 Å². The number of hydrogen-bond donors (Lipinski definition) is 0. The van der Waals surface area contributed by atoms with Crippen molar-refractivity contribution in [3.63, 3.8) is 0 Å². The Bertz CT molecular complexity index is 202. The largest absolute Gasteiger partial charge is 0.381 e. The zero-order valence-electron chi connectivity index (χ0n) is 13.1. The maximum Gasteiger partial charge on any atom is 0.0599 e. The van der Waals surface area contributed by atoms with Crippen LogP contribution in [0.5, 0.6) is 0 Å². The summed E-state index contributed by atoms with van der Waals surface area (Å²) in [5, 5.41) is 0. The Labute approximate surface area is 115 Å². The van der Waals surface area contributed by atoms with Crippen molar-refractivity contribution >= 4 is 0 Å². The summed E-state index contributed by atoms with van der Waals surface area (Å²) in [6.07, 6.45) is 13.1. The molecule has 1 fully saturated rings. The van der Waals surface area contributed by atoms with Crippen LogP contribution < -0.4 is 0 Å². The van der Waals surface area contributed by atoms with Gasteiger partial charge in [0.1, 0.15) is 0 Å². The molecular formula is C17H34O. The maximum atomic E-state index is 5.58. The predicted molar refractivity (Wildman–Crippen MR) is 79.8 cm³/mol. The van der Waals surface area contributed by atoms with E-state index in [2.05, 4.69) is 20.8 Å². The van der Waals surface area contributed by atoms with Crippen LogP contribution in [-0.2, 0) is 4.74 Å². The third kappa shape index (κ3) is 5.73. The molecule has 4 atom stereocenters. The maximum absolute atomic E-state index is 5.58. The number of ether oxygens (including phenoxy) is 1. The first-order chi connectivity index (χ1) is 8.67. The zero-order chi connectivity index (χ0) is 13.4. The molecule has 1 saturated carbocycles. The summed E-state index contributed by atoms with van der Waals surface area (Å²) < 4.78 is 5.58. The van der Waals surface area contributed by atoms with E-state index < -0.39 is 0 Å². The van der Waals surface area contributed by atoms with Gasteiger partial charge in [0.05, 0.1) is 6.10 Å². The molecule has 0 radical (unpaired) electrons. The molecular weight excluding hydrogens is 220 g/mol. The van der Waals surface area contributed by atoms with Gasteiger partial charge in [0.15, 0.2) is 0 Å². The molecule has 18 heavy (non-hydrogen) atoms. The summed E-state index contributed by atoms with van der Waals surface area (Å²) in [6.45, 7) is 7.12. The van der Waals surface area contributed by atoms with E-state index in [9.17, 15) is 0 Å². The summed E-state index contributed by atoms with van der Waals surface area (Å²) >= 11 is 0. The molecule has 0 bridgehead atoms. The van der Waals surface area contributed by atoms with Gasteiger partial charge in [-0.2, -0.15) is 0 Å². The average Bonchev–Trinajstić information content (AvgIpc) is 2.83. The lowest BCUT2D eigenvalue weighted by Crippen LogP contribution is -2.17. The van der Waals surface area contributed by atoms with Gasteiger partial charge in [-0.05, 0) is 37.0 Å². The highest BCUT2D eigenvalue weighted by Gasteiger charge is 2.26. The standard InChI is InChI=1S/C17H34O/c1-5-14(2)8-6-9-15(3)12-13-16-10-7-11-17(16)18-4/h14-17H,5-13H2,1-4H3. The van der Waals surface area contributed by atoms with Crippen molar-refractivity contribution in [1.29, 1.82) is 0 Å². The van der Waals surface area contributed by atoms with Crippen LogP contribution in [0.25, 0.3) is 0 Å². The van der Waals surface area contributed by atoms with E-state index >= 15 is 0 Å². The van der Waals surface area contributed by atoms with Crippen molar-refractivity contribution in [2.24, 2.45) is 17.8 Å². The van der Waals surface area contributed by atoms with Gasteiger partial charge in [-0.1, -0.05) is 59.3 Å². The Kier molecular flexibility index (Phi) is 7.97. The van der Waals surface area contributed by atoms with E-state index in [1.807, 2.05) is 7.11 Å². The molecule has 1 aliphatic carbocycles. The van der Waals surface area contributed by atoms with Crippen LogP contribution in [0.2, 0.25) is 0 Å². The van der Waals surface area contributed by atoms with Crippen LogP contribution in [0.3, 0.4) is 0 Å². The molecule has 1 rings (SSSR count). The Hall–Kier alpha value is -0.0400. The van der Waals surface area contributed by atoms with Gasteiger partial charge in [-0.25, -0.2) is 0 Å². The normalized spacial score (nSPS) is 27.3. The molecule has 1 nitrogen and oxygen atoms in total. The lowest BCUT2D eigenvalue weighted by atomic mass is 9.90. The van der Waals surface area contributed by atoms with Crippen LogP contribution in [-0.4, -0.2) is 13.2 Å². The topological polar surface area (TPSA) is 9.23 Å². The molecule has 1 heteroatoms. The number of methoxy groups -OCH3 is 1. The fourth-order valence-corrected chi connectivity index (χ4v) is 3.31. The van der Waals surface area contributed by atoms with Crippen LogP contribution in [0, 0.1) is 17.8 Å². The van der Waals surface area contributed by atoms with E-state index in [0.29, 0.717) is 6.10 Å². The lowest BCUT2D eigenvalue weighted by Gasteiger charge is -2.20. The average molecular weight is 254 g/mol. The summed E-state index contributed by atoms with van der Waals surface area (Å²) in [4.78, 5) is 0. The molecule has 0 spiro atoms. The van der Waals surface area contributed by atoms with Gasteiger partial charge in [0.2, 0.25) is 0 Å². The Balaban J connectivity index is 2.07. The van der Waals surface area contributed by atoms with E-state index in [4.69, 9.17) is 4.74 Å². The van der Waals surface area contributed by atoms with Crippen LogP contribution in [0.1, 0.15) is 78.6 Å². The van der Waals surface area contributed by atoms with Gasteiger partial charge in [0.25, 0.3) is 0 Å². The first-order valence-electron chi connectivity index (χ1n) is 8.20. The van der Waals surface area contributed by atoms with E-state index in [-0.39, 0.29) is 0 Å². The minimum absolute atomic E-state index is 0.567. The van der Waals surface area contributed by atoms with E-state index in [1.165, 1.54) is 57.8 Å². The lowest BCUT2D eigenvalue weighted by molar-refractivity contribution is 0.0656.